The van der Waals surface area contributed by atoms with Gasteiger partial charge in [0.2, 0.25) is 0 Å². The Balaban J connectivity index is 2.35. The largest absolute Gasteiger partial charge is 0.320 e. The smallest absolute Gasteiger partial charge is 0.0679 e. The van der Waals surface area contributed by atoms with Gasteiger partial charge in [0.05, 0.1) is 17.4 Å². The normalized spacial score (nSPS) is 12.7. The van der Waals surface area contributed by atoms with Crippen molar-refractivity contribution in [3.05, 3.63) is 58.4 Å². The molecular weight excluding hydrogens is 258 g/mol. The average Bonchev–Trinajstić information content (AvgIpc) is 2.46. The van der Waals surface area contributed by atoms with Crippen molar-refractivity contribution in [2.45, 2.75) is 46.6 Å². The quantitative estimate of drug-likeness (QED) is 0.912. The SMILES string of the molecule is CCc1nnc(C)cc1C(N)c1cccc(CC(C)C)c1. The molecule has 1 heterocycles. The van der Waals surface area contributed by atoms with Gasteiger partial charge in [-0.3, -0.25) is 0 Å². The van der Waals surface area contributed by atoms with E-state index in [1.807, 2.05) is 6.92 Å². The Labute approximate surface area is 127 Å². The Bertz CT molecular complexity index is 605. The van der Waals surface area contributed by atoms with Crippen LogP contribution in [0.3, 0.4) is 0 Å². The molecule has 0 fully saturated rings. The van der Waals surface area contributed by atoms with Crippen molar-refractivity contribution in [2.24, 2.45) is 11.7 Å². The minimum absolute atomic E-state index is 0.138. The molecule has 0 amide bonds. The van der Waals surface area contributed by atoms with E-state index >= 15 is 0 Å². The highest BCUT2D eigenvalue weighted by molar-refractivity contribution is 5.36. The number of benzene rings is 1. The van der Waals surface area contributed by atoms with Crippen LogP contribution in [0.2, 0.25) is 0 Å². The number of hydrogen-bond acceptors (Lipinski definition) is 3. The van der Waals surface area contributed by atoms with Crippen molar-refractivity contribution in [1.82, 2.24) is 10.2 Å². The third-order valence-electron chi connectivity index (χ3n) is 3.65. The van der Waals surface area contributed by atoms with Crippen LogP contribution in [0.4, 0.5) is 0 Å². The lowest BCUT2D eigenvalue weighted by Gasteiger charge is -2.17. The molecule has 2 N–H and O–H groups in total. The van der Waals surface area contributed by atoms with E-state index in [0.29, 0.717) is 5.92 Å². The molecular formula is C18H25N3. The maximum atomic E-state index is 6.49. The maximum absolute atomic E-state index is 6.49. The molecule has 1 unspecified atom stereocenters. The first-order valence-corrected chi connectivity index (χ1v) is 7.68. The fourth-order valence-corrected chi connectivity index (χ4v) is 2.64. The van der Waals surface area contributed by atoms with Crippen molar-refractivity contribution >= 4 is 0 Å². The van der Waals surface area contributed by atoms with Gasteiger partial charge in [0.1, 0.15) is 0 Å². The lowest BCUT2D eigenvalue weighted by Crippen LogP contribution is -2.16. The number of aromatic nitrogens is 2. The predicted molar refractivity (Wildman–Crippen MR) is 87.2 cm³/mol. The summed E-state index contributed by atoms with van der Waals surface area (Å²) in [4.78, 5) is 0. The van der Waals surface area contributed by atoms with Crippen molar-refractivity contribution in [2.75, 3.05) is 0 Å². The van der Waals surface area contributed by atoms with Crippen LogP contribution in [0.1, 0.15) is 54.9 Å². The third-order valence-corrected chi connectivity index (χ3v) is 3.65. The summed E-state index contributed by atoms with van der Waals surface area (Å²) in [5.41, 5.74) is 12.0. The molecule has 0 saturated carbocycles. The Morgan fingerprint density at radius 3 is 2.57 bits per heavy atom. The molecule has 0 bridgehead atoms. The molecule has 21 heavy (non-hydrogen) atoms. The van der Waals surface area contributed by atoms with Gasteiger partial charge in [0.15, 0.2) is 0 Å². The lowest BCUT2D eigenvalue weighted by molar-refractivity contribution is 0.646. The standard InChI is InChI=1S/C18H25N3/c1-5-17-16(10-13(4)20-21-17)18(19)15-8-6-7-14(11-15)9-12(2)3/h6-8,10-12,18H,5,9,19H2,1-4H3. The zero-order chi connectivity index (χ0) is 15.4. The Morgan fingerprint density at radius 1 is 1.14 bits per heavy atom. The zero-order valence-corrected chi connectivity index (χ0v) is 13.4. The van der Waals surface area contributed by atoms with Crippen LogP contribution in [-0.4, -0.2) is 10.2 Å². The van der Waals surface area contributed by atoms with Crippen LogP contribution in [-0.2, 0) is 12.8 Å². The number of hydrogen-bond donors (Lipinski definition) is 1. The molecule has 0 aliphatic heterocycles. The minimum atomic E-state index is -0.138. The Hall–Kier alpha value is -1.74. The van der Waals surface area contributed by atoms with Crippen LogP contribution in [0, 0.1) is 12.8 Å². The second kappa shape index (κ2) is 6.81. The molecule has 3 nitrogen and oxygen atoms in total. The highest BCUT2D eigenvalue weighted by Crippen LogP contribution is 2.24. The predicted octanol–water partition coefficient (Wildman–Crippen LogP) is 3.59. The minimum Gasteiger partial charge on any atom is -0.320 e. The van der Waals surface area contributed by atoms with Crippen LogP contribution in [0.25, 0.3) is 0 Å². The molecule has 0 aliphatic rings. The zero-order valence-electron chi connectivity index (χ0n) is 13.4. The molecule has 3 heteroatoms. The number of aryl methyl sites for hydroxylation is 2. The van der Waals surface area contributed by atoms with Gasteiger partial charge in [-0.25, -0.2) is 0 Å². The monoisotopic (exact) mass is 283 g/mol. The first kappa shape index (κ1) is 15.6. The molecule has 1 atom stereocenters. The van der Waals surface area contributed by atoms with Crippen LogP contribution in [0.15, 0.2) is 30.3 Å². The van der Waals surface area contributed by atoms with E-state index in [2.05, 4.69) is 61.3 Å². The molecule has 0 saturated heterocycles. The Morgan fingerprint density at radius 2 is 1.90 bits per heavy atom. The molecule has 0 radical (unpaired) electrons. The molecule has 2 aromatic rings. The molecule has 112 valence electrons. The van der Waals surface area contributed by atoms with Gasteiger partial charge >= 0.3 is 0 Å². The molecule has 0 aliphatic carbocycles. The molecule has 2 rings (SSSR count). The highest BCUT2D eigenvalue weighted by Gasteiger charge is 2.15. The van der Waals surface area contributed by atoms with E-state index in [1.54, 1.807) is 0 Å². The van der Waals surface area contributed by atoms with Gasteiger partial charge in [0, 0.05) is 0 Å². The summed E-state index contributed by atoms with van der Waals surface area (Å²) in [6, 6.07) is 10.5. The summed E-state index contributed by atoms with van der Waals surface area (Å²) >= 11 is 0. The van der Waals surface area contributed by atoms with Crippen LogP contribution >= 0.6 is 0 Å². The number of rotatable bonds is 5. The van der Waals surface area contributed by atoms with E-state index in [-0.39, 0.29) is 6.04 Å². The summed E-state index contributed by atoms with van der Waals surface area (Å²) in [6.45, 7) is 8.51. The molecule has 1 aromatic heterocycles. The summed E-state index contributed by atoms with van der Waals surface area (Å²) < 4.78 is 0. The van der Waals surface area contributed by atoms with E-state index < -0.39 is 0 Å². The summed E-state index contributed by atoms with van der Waals surface area (Å²) in [5.74, 6) is 0.646. The average molecular weight is 283 g/mol. The van der Waals surface area contributed by atoms with Gasteiger partial charge < -0.3 is 5.73 Å². The summed E-state index contributed by atoms with van der Waals surface area (Å²) in [7, 11) is 0. The first-order valence-electron chi connectivity index (χ1n) is 7.68. The number of nitrogens with zero attached hydrogens (tertiary/aromatic N) is 2. The van der Waals surface area contributed by atoms with Gasteiger partial charge in [-0.15, -0.1) is 0 Å². The highest BCUT2D eigenvalue weighted by atomic mass is 15.1. The third kappa shape index (κ3) is 3.88. The van der Waals surface area contributed by atoms with Gasteiger partial charge in [-0.1, -0.05) is 45.0 Å². The summed E-state index contributed by atoms with van der Waals surface area (Å²) in [5, 5.41) is 8.42. The van der Waals surface area contributed by atoms with Crippen molar-refractivity contribution < 1.29 is 0 Å². The van der Waals surface area contributed by atoms with Crippen LogP contribution in [0.5, 0.6) is 0 Å². The van der Waals surface area contributed by atoms with Crippen molar-refractivity contribution in [1.29, 1.82) is 0 Å². The van der Waals surface area contributed by atoms with E-state index in [9.17, 15) is 0 Å². The van der Waals surface area contributed by atoms with Crippen molar-refractivity contribution in [3.8, 4) is 0 Å². The van der Waals surface area contributed by atoms with E-state index in [0.717, 1.165) is 35.4 Å². The lowest BCUT2D eigenvalue weighted by atomic mass is 9.94. The fourth-order valence-electron chi connectivity index (χ4n) is 2.64. The fraction of sp³-hybridized carbons (Fsp3) is 0.444. The van der Waals surface area contributed by atoms with E-state index in [1.165, 1.54) is 5.56 Å². The second-order valence-electron chi connectivity index (χ2n) is 6.06. The summed E-state index contributed by atoms with van der Waals surface area (Å²) in [6.07, 6.45) is 1.93. The number of nitrogens with two attached hydrogens (primary N) is 1. The second-order valence-corrected chi connectivity index (χ2v) is 6.06. The van der Waals surface area contributed by atoms with Gasteiger partial charge in [0.25, 0.3) is 0 Å². The van der Waals surface area contributed by atoms with E-state index in [4.69, 9.17) is 5.73 Å². The van der Waals surface area contributed by atoms with Gasteiger partial charge in [-0.2, -0.15) is 10.2 Å². The maximum Gasteiger partial charge on any atom is 0.0679 e. The topological polar surface area (TPSA) is 51.8 Å². The molecule has 1 aromatic carbocycles. The van der Waals surface area contributed by atoms with Gasteiger partial charge in [-0.05, 0) is 48.4 Å². The Kier molecular flexibility index (Phi) is 5.07. The van der Waals surface area contributed by atoms with Crippen LogP contribution < -0.4 is 5.73 Å². The first-order chi connectivity index (χ1) is 10.0. The van der Waals surface area contributed by atoms with Crippen molar-refractivity contribution in [3.63, 3.8) is 0 Å². The molecule has 0 spiro atoms.